The summed E-state index contributed by atoms with van der Waals surface area (Å²) in [4.78, 5) is 0. The van der Waals surface area contributed by atoms with Crippen molar-refractivity contribution in [2.75, 3.05) is 13.2 Å². The van der Waals surface area contributed by atoms with Crippen molar-refractivity contribution in [1.82, 2.24) is 0 Å². The maximum Gasteiger partial charge on any atom is 0.137 e. The largest absolute Gasteiger partial charge is 0.487 e. The van der Waals surface area contributed by atoms with E-state index in [1.807, 2.05) is 0 Å². The first kappa shape index (κ1) is 16.8. The molecule has 0 radical (unpaired) electrons. The number of nitriles is 1. The molecule has 1 saturated heterocycles. The number of nitrogens with zero attached hydrogens (tertiary/aromatic N) is 1. The summed E-state index contributed by atoms with van der Waals surface area (Å²) >= 11 is 0. The summed E-state index contributed by atoms with van der Waals surface area (Å²) in [7, 11) is 0. The third-order valence-corrected chi connectivity index (χ3v) is 4.74. The van der Waals surface area contributed by atoms with Crippen LogP contribution in [0.4, 0.5) is 4.39 Å². The van der Waals surface area contributed by atoms with Gasteiger partial charge in [-0.05, 0) is 37.1 Å². The van der Waals surface area contributed by atoms with E-state index in [0.29, 0.717) is 60.0 Å². The highest BCUT2D eigenvalue weighted by Gasteiger charge is 2.27. The molecule has 1 N–H and O–H groups in total. The summed E-state index contributed by atoms with van der Waals surface area (Å²) in [5.41, 5.74) is 1.36. The van der Waals surface area contributed by atoms with E-state index in [2.05, 4.69) is 6.07 Å². The maximum atomic E-state index is 13.9. The standard InChI is InChI=1S/C20H18FNO4/c21-16-3-6-19(15-2-4-17(23)20(15)16)25-13-1-5-18(12(9-13)10-22)26-14-7-8-24-11-14/h1,3,5-6,9,14,17,23H,2,4,7-8,11H2/t14?,17-/m1/s1. The molecule has 2 aromatic carbocycles. The van der Waals surface area contributed by atoms with Crippen molar-refractivity contribution < 1.29 is 23.7 Å². The van der Waals surface area contributed by atoms with E-state index in [4.69, 9.17) is 14.2 Å². The van der Waals surface area contributed by atoms with Crippen molar-refractivity contribution in [1.29, 1.82) is 5.26 Å². The number of ether oxygens (including phenoxy) is 3. The second kappa shape index (κ2) is 6.94. The van der Waals surface area contributed by atoms with Gasteiger partial charge in [0.2, 0.25) is 0 Å². The van der Waals surface area contributed by atoms with E-state index in [9.17, 15) is 14.8 Å². The minimum absolute atomic E-state index is 0.0456. The van der Waals surface area contributed by atoms with Gasteiger partial charge in [0.05, 0.1) is 24.9 Å². The van der Waals surface area contributed by atoms with E-state index in [1.54, 1.807) is 24.3 Å². The molecular weight excluding hydrogens is 337 g/mol. The Morgan fingerprint density at radius 2 is 2.04 bits per heavy atom. The molecule has 1 aliphatic carbocycles. The molecule has 6 heteroatoms. The van der Waals surface area contributed by atoms with E-state index < -0.39 is 11.9 Å². The van der Waals surface area contributed by atoms with Crippen LogP contribution >= 0.6 is 0 Å². The average Bonchev–Trinajstić information content (AvgIpc) is 3.29. The number of halogens is 1. The quantitative estimate of drug-likeness (QED) is 0.907. The SMILES string of the molecule is N#Cc1cc(Oc2ccc(F)c3c2CC[C@H]3O)ccc1OC1CCOC1. The Labute approximate surface area is 150 Å². The fourth-order valence-electron chi connectivity index (χ4n) is 3.43. The Kier molecular flexibility index (Phi) is 4.49. The van der Waals surface area contributed by atoms with Gasteiger partial charge in [0.15, 0.2) is 0 Å². The summed E-state index contributed by atoms with van der Waals surface area (Å²) in [6, 6.07) is 9.99. The Balaban J connectivity index is 1.59. The van der Waals surface area contributed by atoms with Crippen molar-refractivity contribution in [2.24, 2.45) is 0 Å². The van der Waals surface area contributed by atoms with E-state index in [1.165, 1.54) is 6.07 Å². The Bertz CT molecular complexity index is 871. The normalized spacial score (nSPS) is 21.3. The number of rotatable bonds is 4. The van der Waals surface area contributed by atoms with Gasteiger partial charge in [-0.2, -0.15) is 5.26 Å². The van der Waals surface area contributed by atoms with Crippen LogP contribution in [0.15, 0.2) is 30.3 Å². The first-order chi connectivity index (χ1) is 12.7. The second-order valence-electron chi connectivity index (χ2n) is 6.47. The van der Waals surface area contributed by atoms with Gasteiger partial charge in [0.1, 0.15) is 35.2 Å². The van der Waals surface area contributed by atoms with Crippen molar-refractivity contribution in [2.45, 2.75) is 31.5 Å². The van der Waals surface area contributed by atoms with Crippen LogP contribution in [0.3, 0.4) is 0 Å². The van der Waals surface area contributed by atoms with E-state index >= 15 is 0 Å². The molecule has 1 fully saturated rings. The fraction of sp³-hybridized carbons (Fsp3) is 0.350. The van der Waals surface area contributed by atoms with Crippen LogP contribution in [0.1, 0.15) is 35.6 Å². The lowest BCUT2D eigenvalue weighted by molar-refractivity contribution is 0.141. The van der Waals surface area contributed by atoms with Gasteiger partial charge >= 0.3 is 0 Å². The molecule has 4 rings (SSSR count). The van der Waals surface area contributed by atoms with Crippen molar-refractivity contribution >= 4 is 0 Å². The van der Waals surface area contributed by atoms with Crippen molar-refractivity contribution in [3.8, 4) is 23.3 Å². The second-order valence-corrected chi connectivity index (χ2v) is 6.47. The highest BCUT2D eigenvalue weighted by molar-refractivity contribution is 5.51. The highest BCUT2D eigenvalue weighted by Crippen LogP contribution is 2.40. The zero-order chi connectivity index (χ0) is 18.1. The van der Waals surface area contributed by atoms with Gasteiger partial charge in [-0.25, -0.2) is 4.39 Å². The van der Waals surface area contributed by atoms with Crippen LogP contribution in [-0.2, 0) is 11.2 Å². The number of hydrogen-bond acceptors (Lipinski definition) is 5. The van der Waals surface area contributed by atoms with Crippen LogP contribution in [0, 0.1) is 17.1 Å². The predicted octanol–water partition coefficient (Wildman–Crippen LogP) is 3.64. The lowest BCUT2D eigenvalue weighted by Gasteiger charge is -2.15. The summed E-state index contributed by atoms with van der Waals surface area (Å²) in [5, 5.41) is 19.4. The van der Waals surface area contributed by atoms with Crippen molar-refractivity contribution in [3.63, 3.8) is 0 Å². The number of hydrogen-bond donors (Lipinski definition) is 1. The Morgan fingerprint density at radius 3 is 2.81 bits per heavy atom. The van der Waals surface area contributed by atoms with Crippen LogP contribution in [-0.4, -0.2) is 24.4 Å². The van der Waals surface area contributed by atoms with Crippen LogP contribution in [0.5, 0.6) is 17.2 Å². The van der Waals surface area contributed by atoms with Crippen molar-refractivity contribution in [3.05, 3.63) is 52.8 Å². The van der Waals surface area contributed by atoms with E-state index in [-0.39, 0.29) is 6.10 Å². The molecule has 1 heterocycles. The number of benzene rings is 2. The molecule has 134 valence electrons. The molecule has 2 atom stereocenters. The molecule has 0 bridgehead atoms. The summed E-state index contributed by atoms with van der Waals surface area (Å²) in [6.45, 7) is 1.18. The number of fused-ring (bicyclic) bond motifs is 1. The molecule has 0 saturated carbocycles. The van der Waals surface area contributed by atoms with Gasteiger partial charge in [-0.15, -0.1) is 0 Å². The minimum Gasteiger partial charge on any atom is -0.487 e. The van der Waals surface area contributed by atoms with Gasteiger partial charge in [-0.3, -0.25) is 0 Å². The molecule has 0 amide bonds. The average molecular weight is 355 g/mol. The zero-order valence-electron chi connectivity index (χ0n) is 14.1. The lowest BCUT2D eigenvalue weighted by Crippen LogP contribution is -2.16. The fourth-order valence-corrected chi connectivity index (χ4v) is 3.43. The molecule has 1 unspecified atom stereocenters. The number of aliphatic hydroxyl groups is 1. The number of aliphatic hydroxyl groups excluding tert-OH is 1. The third-order valence-electron chi connectivity index (χ3n) is 4.74. The highest BCUT2D eigenvalue weighted by atomic mass is 19.1. The molecule has 26 heavy (non-hydrogen) atoms. The Morgan fingerprint density at radius 1 is 1.19 bits per heavy atom. The van der Waals surface area contributed by atoms with E-state index in [0.717, 1.165) is 6.42 Å². The third kappa shape index (κ3) is 3.12. The summed E-state index contributed by atoms with van der Waals surface area (Å²) in [6.07, 6.45) is 0.986. The Hall–Kier alpha value is -2.62. The molecule has 2 aliphatic rings. The molecule has 0 spiro atoms. The molecule has 2 aromatic rings. The van der Waals surface area contributed by atoms with Crippen LogP contribution in [0.25, 0.3) is 0 Å². The smallest absolute Gasteiger partial charge is 0.137 e. The molecule has 5 nitrogen and oxygen atoms in total. The van der Waals surface area contributed by atoms with Gasteiger partial charge in [0.25, 0.3) is 0 Å². The monoisotopic (exact) mass is 355 g/mol. The molecular formula is C20H18FNO4. The van der Waals surface area contributed by atoms with Gasteiger partial charge in [-0.1, -0.05) is 0 Å². The van der Waals surface area contributed by atoms with Gasteiger partial charge in [0, 0.05) is 23.6 Å². The van der Waals surface area contributed by atoms with Crippen LogP contribution < -0.4 is 9.47 Å². The first-order valence-electron chi connectivity index (χ1n) is 8.61. The predicted molar refractivity (Wildman–Crippen MR) is 90.8 cm³/mol. The molecule has 0 aromatic heterocycles. The maximum absolute atomic E-state index is 13.9. The topological polar surface area (TPSA) is 71.7 Å². The van der Waals surface area contributed by atoms with Gasteiger partial charge < -0.3 is 19.3 Å². The zero-order valence-corrected chi connectivity index (χ0v) is 14.1. The summed E-state index contributed by atoms with van der Waals surface area (Å²) in [5.74, 6) is 1.04. The van der Waals surface area contributed by atoms with Crippen LogP contribution in [0.2, 0.25) is 0 Å². The molecule has 1 aliphatic heterocycles. The lowest BCUT2D eigenvalue weighted by atomic mass is 10.1. The summed E-state index contributed by atoms with van der Waals surface area (Å²) < 4.78 is 30.9. The minimum atomic E-state index is -0.798. The first-order valence-corrected chi connectivity index (χ1v) is 8.61.